The SMILES string of the molecule is CC1(C)OB(c2ccc(C(F)(F)F)c(C(=O)N3CCC(F)(F)C3)c2)OC1(C)C. The van der Waals surface area contributed by atoms with Gasteiger partial charge in [-0.25, -0.2) is 8.78 Å². The maximum absolute atomic E-state index is 13.4. The van der Waals surface area contributed by atoms with E-state index >= 15 is 0 Å². The van der Waals surface area contributed by atoms with Gasteiger partial charge in [-0.05, 0) is 45.3 Å². The molecule has 0 atom stereocenters. The molecule has 1 aromatic carbocycles. The largest absolute Gasteiger partial charge is 0.494 e. The highest BCUT2D eigenvalue weighted by atomic mass is 19.4. The molecule has 2 fully saturated rings. The maximum atomic E-state index is 13.4. The van der Waals surface area contributed by atoms with Crippen LogP contribution in [0.25, 0.3) is 0 Å². The van der Waals surface area contributed by atoms with Crippen molar-refractivity contribution in [1.29, 1.82) is 0 Å². The zero-order valence-corrected chi connectivity index (χ0v) is 16.0. The van der Waals surface area contributed by atoms with Gasteiger partial charge in [0.15, 0.2) is 0 Å². The number of benzene rings is 1. The van der Waals surface area contributed by atoms with E-state index in [4.69, 9.17) is 9.31 Å². The normalized spacial score (nSPS) is 23.3. The second-order valence-corrected chi connectivity index (χ2v) is 8.22. The highest BCUT2D eigenvalue weighted by Crippen LogP contribution is 2.38. The first-order chi connectivity index (χ1) is 12.6. The van der Waals surface area contributed by atoms with Gasteiger partial charge in [0.05, 0.1) is 28.9 Å². The molecule has 154 valence electrons. The molecule has 0 N–H and O–H groups in total. The number of halogens is 5. The number of hydrogen-bond donors (Lipinski definition) is 0. The molecule has 4 nitrogen and oxygen atoms in total. The van der Waals surface area contributed by atoms with Crippen LogP contribution in [0.1, 0.15) is 50.0 Å². The lowest BCUT2D eigenvalue weighted by Gasteiger charge is -2.32. The molecule has 0 radical (unpaired) electrons. The van der Waals surface area contributed by atoms with E-state index < -0.39 is 60.4 Å². The molecule has 10 heteroatoms. The third-order valence-electron chi connectivity index (χ3n) is 5.56. The van der Waals surface area contributed by atoms with Crippen molar-refractivity contribution in [2.24, 2.45) is 0 Å². The standard InChI is InChI=1S/C18H21BF5NO3/c1-15(2)16(3,4)28-19(27-15)11-5-6-13(18(22,23)24)12(9-11)14(26)25-8-7-17(20,21)10-25/h5-6,9H,7-8,10H2,1-4H3. The molecule has 0 bridgehead atoms. The van der Waals surface area contributed by atoms with Gasteiger partial charge in [-0.2, -0.15) is 13.2 Å². The first-order valence-electron chi connectivity index (χ1n) is 8.87. The number of nitrogens with zero attached hydrogens (tertiary/aromatic N) is 1. The average Bonchev–Trinajstić information content (AvgIpc) is 3.01. The monoisotopic (exact) mass is 405 g/mol. The quantitative estimate of drug-likeness (QED) is 0.559. The Bertz CT molecular complexity index is 778. The van der Waals surface area contributed by atoms with Crippen molar-refractivity contribution in [3.8, 4) is 0 Å². The summed E-state index contributed by atoms with van der Waals surface area (Å²) in [4.78, 5) is 13.4. The molecular weight excluding hydrogens is 384 g/mol. The van der Waals surface area contributed by atoms with Gasteiger partial charge in [-0.15, -0.1) is 0 Å². The number of rotatable bonds is 2. The number of amides is 1. The van der Waals surface area contributed by atoms with Crippen molar-refractivity contribution in [3.05, 3.63) is 29.3 Å². The van der Waals surface area contributed by atoms with Crippen LogP contribution in [0.3, 0.4) is 0 Å². The second kappa shape index (κ2) is 6.42. The van der Waals surface area contributed by atoms with Crippen molar-refractivity contribution >= 4 is 18.5 Å². The number of carbonyl (C=O) groups excluding carboxylic acids is 1. The highest BCUT2D eigenvalue weighted by molar-refractivity contribution is 6.62. The Balaban J connectivity index is 1.98. The lowest BCUT2D eigenvalue weighted by Crippen LogP contribution is -2.41. The molecule has 0 saturated carbocycles. The summed E-state index contributed by atoms with van der Waals surface area (Å²) in [5, 5.41) is 0. The minimum atomic E-state index is -4.80. The van der Waals surface area contributed by atoms with Crippen molar-refractivity contribution in [2.45, 2.75) is 57.4 Å². The molecule has 0 spiro atoms. The molecule has 0 aliphatic carbocycles. The fraction of sp³-hybridized carbons (Fsp3) is 0.611. The summed E-state index contributed by atoms with van der Waals surface area (Å²) in [5.41, 5.74) is -3.07. The van der Waals surface area contributed by atoms with Crippen LogP contribution in [-0.4, -0.2) is 48.1 Å². The number of likely N-dealkylation sites (tertiary alicyclic amines) is 1. The zero-order valence-electron chi connectivity index (χ0n) is 16.0. The second-order valence-electron chi connectivity index (χ2n) is 8.22. The molecule has 2 saturated heterocycles. The molecule has 1 amide bonds. The highest BCUT2D eigenvalue weighted by Gasteiger charge is 2.52. The van der Waals surface area contributed by atoms with Crippen molar-refractivity contribution in [1.82, 2.24) is 4.90 Å². The van der Waals surface area contributed by atoms with E-state index in [2.05, 4.69) is 0 Å². The Hall–Kier alpha value is -1.68. The first-order valence-corrected chi connectivity index (χ1v) is 8.87. The Morgan fingerprint density at radius 1 is 1.11 bits per heavy atom. The van der Waals surface area contributed by atoms with Gasteiger partial charge in [0.25, 0.3) is 11.8 Å². The van der Waals surface area contributed by atoms with Crippen LogP contribution >= 0.6 is 0 Å². The third kappa shape index (κ3) is 3.76. The van der Waals surface area contributed by atoms with Crippen LogP contribution in [0.15, 0.2) is 18.2 Å². The summed E-state index contributed by atoms with van der Waals surface area (Å²) in [6.45, 7) is 5.95. The van der Waals surface area contributed by atoms with Crippen LogP contribution < -0.4 is 5.46 Å². The van der Waals surface area contributed by atoms with Gasteiger partial charge in [0.1, 0.15) is 0 Å². The molecule has 1 aromatic rings. The fourth-order valence-electron chi connectivity index (χ4n) is 3.19. The zero-order chi connectivity index (χ0) is 21.1. The van der Waals surface area contributed by atoms with E-state index in [0.29, 0.717) is 0 Å². The van der Waals surface area contributed by atoms with Crippen LogP contribution in [0, 0.1) is 0 Å². The molecule has 0 aromatic heterocycles. The lowest BCUT2D eigenvalue weighted by molar-refractivity contribution is -0.138. The van der Waals surface area contributed by atoms with Gasteiger partial charge >= 0.3 is 13.3 Å². The van der Waals surface area contributed by atoms with Gasteiger partial charge in [-0.3, -0.25) is 4.79 Å². The molecular formula is C18H21BF5NO3. The molecule has 2 aliphatic heterocycles. The van der Waals surface area contributed by atoms with Crippen LogP contribution in [0.2, 0.25) is 0 Å². The summed E-state index contributed by atoms with van der Waals surface area (Å²) < 4.78 is 78.8. The smallest absolute Gasteiger partial charge is 0.399 e. The van der Waals surface area contributed by atoms with Gasteiger partial charge in [-0.1, -0.05) is 6.07 Å². The number of alkyl halides is 5. The summed E-state index contributed by atoms with van der Waals surface area (Å²) >= 11 is 0. The Morgan fingerprint density at radius 2 is 1.68 bits per heavy atom. The van der Waals surface area contributed by atoms with E-state index in [0.717, 1.165) is 17.0 Å². The average molecular weight is 405 g/mol. The van der Waals surface area contributed by atoms with E-state index in [1.807, 2.05) is 0 Å². The number of carbonyl (C=O) groups is 1. The maximum Gasteiger partial charge on any atom is 0.494 e. The van der Waals surface area contributed by atoms with Gasteiger partial charge in [0, 0.05) is 13.0 Å². The van der Waals surface area contributed by atoms with E-state index in [-0.39, 0.29) is 12.0 Å². The Morgan fingerprint density at radius 3 is 2.14 bits per heavy atom. The van der Waals surface area contributed by atoms with E-state index in [9.17, 15) is 26.7 Å². The van der Waals surface area contributed by atoms with Gasteiger partial charge in [0.2, 0.25) is 0 Å². The minimum Gasteiger partial charge on any atom is -0.399 e. The van der Waals surface area contributed by atoms with Crippen LogP contribution in [-0.2, 0) is 15.5 Å². The predicted molar refractivity (Wildman–Crippen MR) is 92.6 cm³/mol. The predicted octanol–water partition coefficient (Wildman–Crippen LogP) is 3.49. The van der Waals surface area contributed by atoms with Crippen molar-refractivity contribution < 1.29 is 36.1 Å². The topological polar surface area (TPSA) is 38.8 Å². The van der Waals surface area contributed by atoms with E-state index in [1.165, 1.54) is 6.07 Å². The molecule has 3 rings (SSSR count). The molecule has 0 unspecified atom stereocenters. The molecule has 2 heterocycles. The van der Waals surface area contributed by atoms with E-state index in [1.54, 1.807) is 27.7 Å². The molecule has 2 aliphatic rings. The summed E-state index contributed by atoms with van der Waals surface area (Å²) in [5.74, 6) is -4.18. The van der Waals surface area contributed by atoms with Crippen LogP contribution in [0.5, 0.6) is 0 Å². The van der Waals surface area contributed by atoms with Crippen molar-refractivity contribution in [2.75, 3.05) is 13.1 Å². The Kier molecular flexibility index (Phi) is 4.82. The first kappa shape index (κ1) is 21.0. The molecule has 28 heavy (non-hydrogen) atoms. The lowest BCUT2D eigenvalue weighted by atomic mass is 9.77. The summed E-state index contributed by atoms with van der Waals surface area (Å²) in [7, 11) is -0.973. The fourth-order valence-corrected chi connectivity index (χ4v) is 3.19. The Labute approximate surface area is 160 Å². The summed E-state index contributed by atoms with van der Waals surface area (Å²) in [6, 6.07) is 2.98. The third-order valence-corrected chi connectivity index (χ3v) is 5.56. The number of hydrogen-bond acceptors (Lipinski definition) is 3. The van der Waals surface area contributed by atoms with Crippen LogP contribution in [0.4, 0.5) is 22.0 Å². The van der Waals surface area contributed by atoms with Gasteiger partial charge < -0.3 is 14.2 Å². The summed E-state index contributed by atoms with van der Waals surface area (Å²) in [6.07, 6.45) is -5.38. The minimum absolute atomic E-state index is 0.223. The van der Waals surface area contributed by atoms with Crippen molar-refractivity contribution in [3.63, 3.8) is 0 Å².